The van der Waals surface area contributed by atoms with E-state index in [2.05, 4.69) is 17.5 Å². The van der Waals surface area contributed by atoms with Crippen molar-refractivity contribution in [3.8, 4) is 0 Å². The van der Waals surface area contributed by atoms with Crippen molar-refractivity contribution in [3.63, 3.8) is 0 Å². The predicted molar refractivity (Wildman–Crippen MR) is 85.2 cm³/mol. The number of hydrazone groups is 1. The van der Waals surface area contributed by atoms with Crippen molar-refractivity contribution in [2.45, 2.75) is 58.0 Å². The largest absolute Gasteiger partial charge is 0.417 e. The van der Waals surface area contributed by atoms with Crippen LogP contribution in [0.25, 0.3) is 0 Å². The number of amides is 1. The number of carbonyl (C=O) groups is 1. The topological polar surface area (TPSA) is 41.5 Å². The Bertz CT molecular complexity index is 513. The van der Waals surface area contributed by atoms with Crippen molar-refractivity contribution in [2.24, 2.45) is 5.10 Å². The van der Waals surface area contributed by atoms with Gasteiger partial charge in [0.25, 0.3) is 0 Å². The van der Waals surface area contributed by atoms with Gasteiger partial charge in [-0.15, -0.1) is 0 Å². The number of benzene rings is 1. The molecule has 3 nitrogen and oxygen atoms in total. The fourth-order valence-corrected chi connectivity index (χ4v) is 2.16. The fraction of sp³-hybridized carbons (Fsp3) is 0.529. The number of halogens is 3. The van der Waals surface area contributed by atoms with Gasteiger partial charge in [-0.25, -0.2) is 5.43 Å². The summed E-state index contributed by atoms with van der Waals surface area (Å²) >= 11 is 0. The minimum absolute atomic E-state index is 0.0696. The molecule has 128 valence electrons. The van der Waals surface area contributed by atoms with Crippen LogP contribution in [0.5, 0.6) is 0 Å². The van der Waals surface area contributed by atoms with Gasteiger partial charge in [-0.1, -0.05) is 57.2 Å². The normalized spacial score (nSPS) is 11.8. The van der Waals surface area contributed by atoms with E-state index in [1.807, 2.05) is 0 Å². The molecule has 0 spiro atoms. The summed E-state index contributed by atoms with van der Waals surface area (Å²) in [5.41, 5.74) is 1.44. The Hall–Kier alpha value is -1.85. The standard InChI is InChI=1S/C17H23F3N2O/c1-2-3-4-5-6-7-12-16(23)22-21-13-14-10-8-9-11-15(14)17(18,19)20/h8-11,13H,2-7,12H2,1H3,(H,22,23). The Morgan fingerprint density at radius 1 is 1.13 bits per heavy atom. The third kappa shape index (κ3) is 7.81. The number of nitrogens with zero attached hydrogens (tertiary/aromatic N) is 1. The zero-order chi connectivity index (χ0) is 17.1. The third-order valence-corrected chi connectivity index (χ3v) is 3.42. The Labute approximate surface area is 135 Å². The lowest BCUT2D eigenvalue weighted by molar-refractivity contribution is -0.137. The molecule has 1 rings (SSSR count). The minimum Gasteiger partial charge on any atom is -0.273 e. The van der Waals surface area contributed by atoms with Crippen LogP contribution < -0.4 is 5.43 Å². The van der Waals surface area contributed by atoms with E-state index in [4.69, 9.17) is 0 Å². The van der Waals surface area contributed by atoms with Gasteiger partial charge >= 0.3 is 6.18 Å². The molecule has 0 fully saturated rings. The molecule has 0 bridgehead atoms. The van der Waals surface area contributed by atoms with Crippen molar-refractivity contribution in [3.05, 3.63) is 35.4 Å². The summed E-state index contributed by atoms with van der Waals surface area (Å²) < 4.78 is 38.3. The van der Waals surface area contributed by atoms with Crippen molar-refractivity contribution in [1.29, 1.82) is 0 Å². The number of rotatable bonds is 9. The van der Waals surface area contributed by atoms with Gasteiger partial charge in [0, 0.05) is 12.0 Å². The van der Waals surface area contributed by atoms with Crippen LogP contribution in [0.3, 0.4) is 0 Å². The van der Waals surface area contributed by atoms with E-state index in [0.29, 0.717) is 6.42 Å². The fourth-order valence-electron chi connectivity index (χ4n) is 2.16. The molecule has 1 aromatic rings. The van der Waals surface area contributed by atoms with Crippen molar-refractivity contribution >= 4 is 12.1 Å². The summed E-state index contributed by atoms with van der Waals surface area (Å²) in [5.74, 6) is -0.277. The summed E-state index contributed by atoms with van der Waals surface area (Å²) in [5, 5.41) is 3.62. The van der Waals surface area contributed by atoms with Gasteiger partial charge in [0.2, 0.25) is 5.91 Å². The molecule has 0 saturated heterocycles. The van der Waals surface area contributed by atoms with Gasteiger partial charge in [-0.3, -0.25) is 4.79 Å². The zero-order valence-corrected chi connectivity index (χ0v) is 13.3. The average Bonchev–Trinajstić information content (AvgIpc) is 2.50. The van der Waals surface area contributed by atoms with E-state index >= 15 is 0 Å². The Kier molecular flexibility index (Phi) is 8.37. The van der Waals surface area contributed by atoms with E-state index in [1.165, 1.54) is 37.5 Å². The van der Waals surface area contributed by atoms with Gasteiger partial charge in [-0.2, -0.15) is 18.3 Å². The second kappa shape index (κ2) is 10.0. The molecule has 0 saturated carbocycles. The Morgan fingerprint density at radius 3 is 2.48 bits per heavy atom. The highest BCUT2D eigenvalue weighted by Gasteiger charge is 2.32. The molecule has 6 heteroatoms. The van der Waals surface area contributed by atoms with Crippen molar-refractivity contribution in [2.75, 3.05) is 0 Å². The number of alkyl halides is 3. The Balaban J connectivity index is 2.37. The number of unbranched alkanes of at least 4 members (excludes halogenated alkanes) is 5. The van der Waals surface area contributed by atoms with Gasteiger partial charge in [0.1, 0.15) is 0 Å². The maximum absolute atomic E-state index is 12.8. The second-order valence-electron chi connectivity index (χ2n) is 5.40. The van der Waals surface area contributed by atoms with Crippen molar-refractivity contribution < 1.29 is 18.0 Å². The highest BCUT2D eigenvalue weighted by atomic mass is 19.4. The SMILES string of the molecule is CCCCCCCCC(=O)NN=Cc1ccccc1C(F)(F)F. The van der Waals surface area contributed by atoms with Crippen LogP contribution in [0, 0.1) is 0 Å². The molecule has 0 atom stereocenters. The molecule has 0 aliphatic carbocycles. The molecule has 23 heavy (non-hydrogen) atoms. The van der Waals surface area contributed by atoms with Crippen LogP contribution in [-0.2, 0) is 11.0 Å². The first kappa shape index (κ1) is 19.2. The van der Waals surface area contributed by atoms with E-state index in [0.717, 1.165) is 31.5 Å². The number of hydrogen-bond acceptors (Lipinski definition) is 2. The molecule has 1 aromatic carbocycles. The van der Waals surface area contributed by atoms with Gasteiger partial charge < -0.3 is 0 Å². The first-order chi connectivity index (χ1) is 10.9. The summed E-state index contributed by atoms with van der Waals surface area (Å²) in [4.78, 5) is 11.6. The molecule has 0 aliphatic rings. The monoisotopic (exact) mass is 328 g/mol. The van der Waals surface area contributed by atoms with Crippen molar-refractivity contribution in [1.82, 2.24) is 5.43 Å². The zero-order valence-electron chi connectivity index (χ0n) is 13.3. The first-order valence-corrected chi connectivity index (χ1v) is 7.93. The molecule has 0 radical (unpaired) electrons. The molecular weight excluding hydrogens is 305 g/mol. The van der Waals surface area contributed by atoms with Crippen LogP contribution in [0.15, 0.2) is 29.4 Å². The summed E-state index contributed by atoms with van der Waals surface area (Å²) in [6.45, 7) is 2.14. The highest BCUT2D eigenvalue weighted by molar-refractivity contribution is 5.84. The highest BCUT2D eigenvalue weighted by Crippen LogP contribution is 2.30. The van der Waals surface area contributed by atoms with Crippen LogP contribution >= 0.6 is 0 Å². The van der Waals surface area contributed by atoms with Crippen LogP contribution in [0.4, 0.5) is 13.2 Å². The second-order valence-corrected chi connectivity index (χ2v) is 5.40. The molecular formula is C17H23F3N2O. The molecule has 1 N–H and O–H groups in total. The molecule has 0 heterocycles. The van der Waals surface area contributed by atoms with E-state index in [9.17, 15) is 18.0 Å². The smallest absolute Gasteiger partial charge is 0.273 e. The Morgan fingerprint density at radius 2 is 1.78 bits per heavy atom. The maximum Gasteiger partial charge on any atom is 0.417 e. The lowest BCUT2D eigenvalue weighted by Crippen LogP contribution is -2.17. The molecule has 1 amide bonds. The van der Waals surface area contributed by atoms with E-state index in [-0.39, 0.29) is 11.5 Å². The third-order valence-electron chi connectivity index (χ3n) is 3.42. The summed E-state index contributed by atoms with van der Waals surface area (Å²) in [7, 11) is 0. The lowest BCUT2D eigenvalue weighted by Gasteiger charge is -2.09. The summed E-state index contributed by atoms with van der Waals surface area (Å²) in [6.07, 6.45) is 3.33. The van der Waals surface area contributed by atoms with Gasteiger partial charge in [0.15, 0.2) is 0 Å². The van der Waals surface area contributed by atoms with Crippen LogP contribution in [-0.4, -0.2) is 12.1 Å². The number of hydrogen-bond donors (Lipinski definition) is 1. The maximum atomic E-state index is 12.8. The number of nitrogens with one attached hydrogen (secondary N) is 1. The molecule has 0 aliphatic heterocycles. The van der Waals surface area contributed by atoms with Gasteiger partial charge in [-0.05, 0) is 12.5 Å². The lowest BCUT2D eigenvalue weighted by atomic mass is 10.1. The molecule has 0 unspecified atom stereocenters. The number of carbonyl (C=O) groups excluding carboxylic acids is 1. The van der Waals surface area contributed by atoms with E-state index < -0.39 is 11.7 Å². The minimum atomic E-state index is -4.44. The molecule has 0 aromatic heterocycles. The average molecular weight is 328 g/mol. The first-order valence-electron chi connectivity index (χ1n) is 7.93. The van der Waals surface area contributed by atoms with E-state index in [1.54, 1.807) is 0 Å². The quantitative estimate of drug-likeness (QED) is 0.391. The summed E-state index contributed by atoms with van der Waals surface area (Å²) in [6, 6.07) is 5.11. The van der Waals surface area contributed by atoms with Crippen LogP contribution in [0.1, 0.15) is 63.0 Å². The predicted octanol–water partition coefficient (Wildman–Crippen LogP) is 4.91. The van der Waals surface area contributed by atoms with Crippen LogP contribution in [0.2, 0.25) is 0 Å². The van der Waals surface area contributed by atoms with Gasteiger partial charge in [0.05, 0.1) is 11.8 Å².